The highest BCUT2D eigenvalue weighted by Gasteiger charge is 2.15. The van der Waals surface area contributed by atoms with Gasteiger partial charge in [0.25, 0.3) is 0 Å². The number of nitrogens with one attached hydrogen (secondary N) is 1. The fourth-order valence-electron chi connectivity index (χ4n) is 2.48. The minimum atomic E-state index is -0.300. The van der Waals surface area contributed by atoms with Gasteiger partial charge in [0.05, 0.1) is 18.9 Å². The predicted octanol–water partition coefficient (Wildman–Crippen LogP) is 2.53. The number of pyridine rings is 1. The molecule has 0 aliphatic rings. The second kappa shape index (κ2) is 9.95. The van der Waals surface area contributed by atoms with Crippen LogP contribution < -0.4 is 5.32 Å². The molecule has 0 bridgehead atoms. The number of benzene rings is 1. The van der Waals surface area contributed by atoms with Crippen LogP contribution in [0.4, 0.5) is 4.39 Å². The van der Waals surface area contributed by atoms with E-state index in [1.54, 1.807) is 31.6 Å². The predicted molar refractivity (Wildman–Crippen MR) is 104 cm³/mol. The van der Waals surface area contributed by atoms with Gasteiger partial charge in [-0.3, -0.25) is 14.3 Å². The lowest BCUT2D eigenvalue weighted by Gasteiger charge is -2.10. The summed E-state index contributed by atoms with van der Waals surface area (Å²) in [7, 11) is 1.63. The van der Waals surface area contributed by atoms with E-state index in [0.29, 0.717) is 30.7 Å². The Hall–Kier alpha value is -2.78. The normalized spacial score (nSPS) is 10.8. The van der Waals surface area contributed by atoms with Crippen molar-refractivity contribution in [2.75, 3.05) is 19.5 Å². The molecule has 3 aromatic rings. The molecule has 146 valence electrons. The fraction of sp³-hybridized carbons (Fsp3) is 0.263. The van der Waals surface area contributed by atoms with E-state index < -0.39 is 0 Å². The summed E-state index contributed by atoms with van der Waals surface area (Å²) in [5.74, 6) is 0.462. The molecule has 0 aliphatic carbocycles. The minimum absolute atomic E-state index is 0.138. The van der Waals surface area contributed by atoms with Gasteiger partial charge in [-0.25, -0.2) is 4.39 Å². The smallest absolute Gasteiger partial charge is 0.230 e. The molecule has 1 aromatic carbocycles. The number of amides is 1. The number of hydrogen-bond acceptors (Lipinski definition) is 6. The van der Waals surface area contributed by atoms with Gasteiger partial charge in [0.1, 0.15) is 5.82 Å². The molecule has 0 aliphatic heterocycles. The molecular formula is C19H20FN5O2S. The van der Waals surface area contributed by atoms with E-state index in [1.807, 2.05) is 16.7 Å². The third kappa shape index (κ3) is 5.37. The Morgan fingerprint density at radius 2 is 1.93 bits per heavy atom. The number of ether oxygens (including phenoxy) is 1. The topological polar surface area (TPSA) is 81.9 Å². The highest BCUT2D eigenvalue weighted by Crippen LogP contribution is 2.23. The van der Waals surface area contributed by atoms with Crippen molar-refractivity contribution in [1.29, 1.82) is 0 Å². The van der Waals surface area contributed by atoms with Crippen molar-refractivity contribution in [2.24, 2.45) is 0 Å². The number of aromatic nitrogens is 4. The number of thioether (sulfide) groups is 1. The SMILES string of the molecule is COCCn1c(SCC(=O)NCc2ccc(F)cc2)nnc1-c1ccncc1. The maximum Gasteiger partial charge on any atom is 0.230 e. The molecule has 0 saturated carbocycles. The third-order valence-electron chi connectivity index (χ3n) is 3.91. The first-order chi connectivity index (χ1) is 13.7. The Bertz CT molecular complexity index is 902. The van der Waals surface area contributed by atoms with Crippen molar-refractivity contribution in [3.8, 4) is 11.4 Å². The van der Waals surface area contributed by atoms with Gasteiger partial charge in [0.2, 0.25) is 5.91 Å². The Kier molecular flexibility index (Phi) is 7.10. The average Bonchev–Trinajstić information content (AvgIpc) is 3.13. The van der Waals surface area contributed by atoms with Gasteiger partial charge in [0.15, 0.2) is 11.0 Å². The van der Waals surface area contributed by atoms with Gasteiger partial charge < -0.3 is 10.1 Å². The van der Waals surface area contributed by atoms with Gasteiger partial charge in [-0.05, 0) is 29.8 Å². The number of rotatable bonds is 9. The first kappa shape index (κ1) is 20.0. The van der Waals surface area contributed by atoms with Crippen LogP contribution in [0.1, 0.15) is 5.56 Å². The zero-order valence-electron chi connectivity index (χ0n) is 15.3. The second-order valence-electron chi connectivity index (χ2n) is 5.88. The minimum Gasteiger partial charge on any atom is -0.383 e. The van der Waals surface area contributed by atoms with Crippen LogP contribution in [0, 0.1) is 5.82 Å². The van der Waals surface area contributed by atoms with Gasteiger partial charge in [-0.2, -0.15) is 0 Å². The van der Waals surface area contributed by atoms with E-state index >= 15 is 0 Å². The van der Waals surface area contributed by atoms with Crippen molar-refractivity contribution in [1.82, 2.24) is 25.1 Å². The van der Waals surface area contributed by atoms with Crippen LogP contribution in [0.5, 0.6) is 0 Å². The summed E-state index contributed by atoms with van der Waals surface area (Å²) in [6, 6.07) is 9.74. The first-order valence-electron chi connectivity index (χ1n) is 8.64. The zero-order chi connectivity index (χ0) is 19.8. The largest absolute Gasteiger partial charge is 0.383 e. The van der Waals surface area contributed by atoms with Crippen molar-refractivity contribution in [3.63, 3.8) is 0 Å². The summed E-state index contributed by atoms with van der Waals surface area (Å²) in [5, 5.41) is 11.9. The van der Waals surface area contributed by atoms with Crippen molar-refractivity contribution in [2.45, 2.75) is 18.2 Å². The average molecular weight is 401 g/mol. The van der Waals surface area contributed by atoms with E-state index in [1.165, 1.54) is 23.9 Å². The van der Waals surface area contributed by atoms with Crippen LogP contribution in [0.2, 0.25) is 0 Å². The van der Waals surface area contributed by atoms with E-state index in [-0.39, 0.29) is 17.5 Å². The highest BCUT2D eigenvalue weighted by atomic mass is 32.2. The Balaban J connectivity index is 1.62. The van der Waals surface area contributed by atoms with Crippen LogP contribution in [0.3, 0.4) is 0 Å². The lowest BCUT2D eigenvalue weighted by Crippen LogP contribution is -2.24. The van der Waals surface area contributed by atoms with E-state index in [0.717, 1.165) is 11.1 Å². The Labute approximate surface area is 166 Å². The van der Waals surface area contributed by atoms with Crippen molar-refractivity contribution >= 4 is 17.7 Å². The number of halogens is 1. The Morgan fingerprint density at radius 3 is 2.64 bits per heavy atom. The summed E-state index contributed by atoms with van der Waals surface area (Å²) in [6.07, 6.45) is 3.39. The summed E-state index contributed by atoms with van der Waals surface area (Å²) in [4.78, 5) is 16.2. The summed E-state index contributed by atoms with van der Waals surface area (Å²) < 4.78 is 20.0. The molecule has 28 heavy (non-hydrogen) atoms. The van der Waals surface area contributed by atoms with Gasteiger partial charge >= 0.3 is 0 Å². The second-order valence-corrected chi connectivity index (χ2v) is 6.82. The molecule has 0 spiro atoms. The van der Waals surface area contributed by atoms with Crippen LogP contribution in [0.25, 0.3) is 11.4 Å². The molecule has 9 heteroatoms. The highest BCUT2D eigenvalue weighted by molar-refractivity contribution is 7.99. The van der Waals surface area contributed by atoms with Crippen LogP contribution in [-0.4, -0.2) is 45.1 Å². The molecule has 0 atom stereocenters. The molecule has 2 aromatic heterocycles. The van der Waals surface area contributed by atoms with E-state index in [4.69, 9.17) is 4.74 Å². The monoisotopic (exact) mass is 401 g/mol. The zero-order valence-corrected chi connectivity index (χ0v) is 16.2. The molecule has 2 heterocycles. The molecule has 0 radical (unpaired) electrons. The number of methoxy groups -OCH3 is 1. The van der Waals surface area contributed by atoms with E-state index in [2.05, 4.69) is 20.5 Å². The van der Waals surface area contributed by atoms with Gasteiger partial charge in [-0.1, -0.05) is 23.9 Å². The summed E-state index contributed by atoms with van der Waals surface area (Å²) >= 11 is 1.30. The maximum atomic E-state index is 12.9. The van der Waals surface area contributed by atoms with Crippen LogP contribution in [-0.2, 0) is 22.6 Å². The standard InChI is InChI=1S/C19H20FN5O2S/c1-27-11-10-25-18(15-6-8-21-9-7-15)23-24-19(25)28-13-17(26)22-12-14-2-4-16(20)5-3-14/h2-9H,10-13H2,1H3,(H,22,26). The number of carbonyl (C=O) groups is 1. The van der Waals surface area contributed by atoms with E-state index in [9.17, 15) is 9.18 Å². The first-order valence-corrected chi connectivity index (χ1v) is 9.62. The maximum absolute atomic E-state index is 12.9. The third-order valence-corrected chi connectivity index (χ3v) is 4.88. The lowest BCUT2D eigenvalue weighted by molar-refractivity contribution is -0.118. The van der Waals surface area contributed by atoms with Crippen LogP contribution in [0.15, 0.2) is 53.9 Å². The number of carbonyl (C=O) groups excluding carboxylic acids is 1. The van der Waals surface area contributed by atoms with Crippen LogP contribution >= 0.6 is 11.8 Å². The molecule has 0 unspecified atom stereocenters. The number of nitrogens with zero attached hydrogens (tertiary/aromatic N) is 4. The molecule has 0 saturated heterocycles. The van der Waals surface area contributed by atoms with Crippen molar-refractivity contribution < 1.29 is 13.9 Å². The summed E-state index contributed by atoms with van der Waals surface area (Å²) in [5.41, 5.74) is 1.73. The molecule has 0 fully saturated rings. The fourth-order valence-corrected chi connectivity index (χ4v) is 3.27. The van der Waals surface area contributed by atoms with Gasteiger partial charge in [-0.15, -0.1) is 10.2 Å². The summed E-state index contributed by atoms with van der Waals surface area (Å²) in [6.45, 7) is 1.42. The molecule has 7 nitrogen and oxygen atoms in total. The quantitative estimate of drug-likeness (QED) is 0.555. The van der Waals surface area contributed by atoms with Gasteiger partial charge in [0, 0.05) is 31.6 Å². The molecular weight excluding hydrogens is 381 g/mol. The molecule has 1 amide bonds. The molecule has 1 N–H and O–H groups in total. The lowest BCUT2D eigenvalue weighted by atomic mass is 10.2. The Morgan fingerprint density at radius 1 is 1.18 bits per heavy atom. The van der Waals surface area contributed by atoms with Crippen molar-refractivity contribution in [3.05, 3.63) is 60.2 Å². The number of hydrogen-bond donors (Lipinski definition) is 1. The molecule has 3 rings (SSSR count).